The summed E-state index contributed by atoms with van der Waals surface area (Å²) in [6.45, 7) is 0. The van der Waals surface area contributed by atoms with Gasteiger partial charge in [0, 0.05) is 23.5 Å². The molecule has 4 rings (SSSR count). The van der Waals surface area contributed by atoms with Crippen LogP contribution >= 0.6 is 0 Å². The van der Waals surface area contributed by atoms with Gasteiger partial charge in [0.15, 0.2) is 0 Å². The van der Waals surface area contributed by atoms with Crippen molar-refractivity contribution >= 4 is 23.0 Å². The fourth-order valence-electron chi connectivity index (χ4n) is 3.72. The van der Waals surface area contributed by atoms with Crippen LogP contribution in [0, 0.1) is 0 Å². The standard InChI is InChI=1S/C21H25N7O/c22-18-6-1-2-7-19(18)26-15-8-9-17(21(23)29)20(13-15)27-14-4-3-5-16(12-14)28-24-10-11-25-28/h3-5,8-13,18-19,26-27H,1-2,6-7,22H2,(H2,23,29)/t18-,19+/m0/s1. The van der Waals surface area contributed by atoms with E-state index in [0.717, 1.165) is 29.9 Å². The van der Waals surface area contributed by atoms with Crippen LogP contribution in [0.1, 0.15) is 36.0 Å². The Morgan fingerprint density at radius 2 is 1.83 bits per heavy atom. The van der Waals surface area contributed by atoms with E-state index in [4.69, 9.17) is 11.5 Å². The van der Waals surface area contributed by atoms with Crippen molar-refractivity contribution in [1.29, 1.82) is 0 Å². The lowest BCUT2D eigenvalue weighted by molar-refractivity contribution is 0.100. The molecule has 150 valence electrons. The number of aromatic nitrogens is 3. The topological polar surface area (TPSA) is 124 Å². The van der Waals surface area contributed by atoms with Gasteiger partial charge in [0.2, 0.25) is 0 Å². The number of nitrogens with one attached hydrogen (secondary N) is 2. The average Bonchev–Trinajstić information content (AvgIpc) is 3.25. The van der Waals surface area contributed by atoms with Crippen LogP contribution in [0.4, 0.5) is 17.1 Å². The molecular formula is C21H25N7O. The first kappa shape index (κ1) is 18.9. The largest absolute Gasteiger partial charge is 0.381 e. The number of anilines is 3. The van der Waals surface area contributed by atoms with Gasteiger partial charge in [-0.15, -0.1) is 0 Å². The predicted octanol–water partition coefficient (Wildman–Crippen LogP) is 2.79. The number of hydrogen-bond donors (Lipinski definition) is 4. The van der Waals surface area contributed by atoms with E-state index in [-0.39, 0.29) is 12.1 Å². The van der Waals surface area contributed by atoms with E-state index < -0.39 is 5.91 Å². The molecule has 0 aliphatic heterocycles. The molecule has 1 fully saturated rings. The molecule has 1 saturated carbocycles. The highest BCUT2D eigenvalue weighted by Gasteiger charge is 2.22. The SMILES string of the molecule is NC(=O)c1ccc(N[C@@H]2CCCC[C@@H]2N)cc1Nc1cccc(-n2nccn2)c1. The minimum Gasteiger partial charge on any atom is -0.381 e. The van der Waals surface area contributed by atoms with E-state index in [9.17, 15) is 4.79 Å². The Balaban J connectivity index is 1.60. The maximum absolute atomic E-state index is 11.9. The van der Waals surface area contributed by atoms with Crippen LogP contribution in [-0.2, 0) is 0 Å². The molecule has 6 N–H and O–H groups in total. The van der Waals surface area contributed by atoms with Crippen molar-refractivity contribution in [2.24, 2.45) is 11.5 Å². The maximum atomic E-state index is 11.9. The Hall–Kier alpha value is -3.39. The predicted molar refractivity (Wildman–Crippen MR) is 113 cm³/mol. The van der Waals surface area contributed by atoms with Crippen molar-refractivity contribution in [1.82, 2.24) is 15.0 Å². The molecule has 0 spiro atoms. The quantitative estimate of drug-likeness (QED) is 0.512. The van der Waals surface area contributed by atoms with E-state index in [1.807, 2.05) is 36.4 Å². The van der Waals surface area contributed by atoms with E-state index in [0.29, 0.717) is 11.3 Å². The Kier molecular flexibility index (Phi) is 5.44. The zero-order chi connectivity index (χ0) is 20.2. The first-order valence-electron chi connectivity index (χ1n) is 9.80. The lowest BCUT2D eigenvalue weighted by Gasteiger charge is -2.30. The first-order valence-corrected chi connectivity index (χ1v) is 9.80. The molecule has 1 aliphatic rings. The third-order valence-corrected chi connectivity index (χ3v) is 5.23. The average molecular weight is 391 g/mol. The minimum atomic E-state index is -0.488. The summed E-state index contributed by atoms with van der Waals surface area (Å²) in [5.74, 6) is -0.488. The summed E-state index contributed by atoms with van der Waals surface area (Å²) >= 11 is 0. The molecule has 1 aromatic heterocycles. The zero-order valence-electron chi connectivity index (χ0n) is 16.1. The van der Waals surface area contributed by atoms with Gasteiger partial charge in [-0.25, -0.2) is 0 Å². The van der Waals surface area contributed by atoms with E-state index in [2.05, 4.69) is 20.8 Å². The molecule has 1 heterocycles. The lowest BCUT2D eigenvalue weighted by Crippen LogP contribution is -2.42. The Bertz CT molecular complexity index is 986. The molecule has 0 radical (unpaired) electrons. The second-order valence-electron chi connectivity index (χ2n) is 7.32. The number of hydrogen-bond acceptors (Lipinski definition) is 6. The van der Waals surface area contributed by atoms with E-state index in [1.165, 1.54) is 17.6 Å². The van der Waals surface area contributed by atoms with Crippen LogP contribution in [0.2, 0.25) is 0 Å². The van der Waals surface area contributed by atoms with Crippen LogP contribution in [-0.4, -0.2) is 33.0 Å². The van der Waals surface area contributed by atoms with Gasteiger partial charge in [-0.3, -0.25) is 4.79 Å². The van der Waals surface area contributed by atoms with Crippen molar-refractivity contribution in [3.8, 4) is 5.69 Å². The number of amides is 1. The highest BCUT2D eigenvalue weighted by atomic mass is 16.1. The summed E-state index contributed by atoms with van der Waals surface area (Å²) in [4.78, 5) is 13.5. The molecule has 1 amide bonds. The number of rotatable bonds is 6. The van der Waals surface area contributed by atoms with Gasteiger partial charge in [-0.05, 0) is 49.2 Å². The summed E-state index contributed by atoms with van der Waals surface area (Å²) in [5, 5.41) is 15.1. The van der Waals surface area contributed by atoms with Gasteiger partial charge < -0.3 is 22.1 Å². The molecule has 2 atom stereocenters. The second-order valence-corrected chi connectivity index (χ2v) is 7.32. The van der Waals surface area contributed by atoms with Crippen LogP contribution in [0.3, 0.4) is 0 Å². The first-order chi connectivity index (χ1) is 14.1. The fourth-order valence-corrected chi connectivity index (χ4v) is 3.72. The van der Waals surface area contributed by atoms with Crippen LogP contribution in [0.15, 0.2) is 54.9 Å². The second kappa shape index (κ2) is 8.32. The number of benzene rings is 2. The lowest BCUT2D eigenvalue weighted by atomic mass is 9.91. The maximum Gasteiger partial charge on any atom is 0.250 e. The summed E-state index contributed by atoms with van der Waals surface area (Å²) < 4.78 is 0. The molecule has 29 heavy (non-hydrogen) atoms. The van der Waals surface area contributed by atoms with Gasteiger partial charge in [0.1, 0.15) is 0 Å². The number of nitrogens with two attached hydrogens (primary N) is 2. The molecule has 8 nitrogen and oxygen atoms in total. The molecule has 1 aliphatic carbocycles. The highest BCUT2D eigenvalue weighted by Crippen LogP contribution is 2.28. The van der Waals surface area contributed by atoms with Gasteiger partial charge in [0.25, 0.3) is 5.91 Å². The van der Waals surface area contributed by atoms with Crippen molar-refractivity contribution in [2.75, 3.05) is 10.6 Å². The summed E-state index contributed by atoms with van der Waals surface area (Å²) in [7, 11) is 0. The normalized spacial score (nSPS) is 18.9. The third-order valence-electron chi connectivity index (χ3n) is 5.23. The summed E-state index contributed by atoms with van der Waals surface area (Å²) in [6, 6.07) is 13.5. The van der Waals surface area contributed by atoms with Crippen molar-refractivity contribution in [3.05, 3.63) is 60.4 Å². The Morgan fingerprint density at radius 1 is 1.03 bits per heavy atom. The van der Waals surface area contributed by atoms with Crippen LogP contribution < -0.4 is 22.1 Å². The van der Waals surface area contributed by atoms with Crippen molar-refractivity contribution in [2.45, 2.75) is 37.8 Å². The molecule has 0 bridgehead atoms. The third kappa shape index (κ3) is 4.38. The summed E-state index contributed by atoms with van der Waals surface area (Å²) in [5.41, 5.74) is 15.4. The number of carbonyl (C=O) groups excluding carboxylic acids is 1. The van der Waals surface area contributed by atoms with Crippen molar-refractivity contribution in [3.63, 3.8) is 0 Å². The smallest absolute Gasteiger partial charge is 0.250 e. The number of primary amides is 1. The zero-order valence-corrected chi connectivity index (χ0v) is 16.1. The molecule has 3 aromatic rings. The number of carbonyl (C=O) groups is 1. The van der Waals surface area contributed by atoms with Crippen LogP contribution in [0.25, 0.3) is 5.69 Å². The molecule has 0 unspecified atom stereocenters. The van der Waals surface area contributed by atoms with Crippen LogP contribution in [0.5, 0.6) is 0 Å². The Labute approximate surface area is 169 Å². The minimum absolute atomic E-state index is 0.134. The highest BCUT2D eigenvalue weighted by molar-refractivity contribution is 6.00. The van der Waals surface area contributed by atoms with E-state index in [1.54, 1.807) is 18.5 Å². The van der Waals surface area contributed by atoms with Gasteiger partial charge in [-0.2, -0.15) is 15.0 Å². The van der Waals surface area contributed by atoms with Gasteiger partial charge in [0.05, 0.1) is 29.3 Å². The Morgan fingerprint density at radius 3 is 2.59 bits per heavy atom. The van der Waals surface area contributed by atoms with Gasteiger partial charge >= 0.3 is 0 Å². The summed E-state index contributed by atoms with van der Waals surface area (Å²) in [6.07, 6.45) is 7.65. The molecule has 2 aromatic carbocycles. The van der Waals surface area contributed by atoms with E-state index >= 15 is 0 Å². The molecular weight excluding hydrogens is 366 g/mol. The fraction of sp³-hybridized carbons (Fsp3) is 0.286. The molecule has 8 heteroatoms. The molecule has 0 saturated heterocycles. The van der Waals surface area contributed by atoms with Crippen molar-refractivity contribution < 1.29 is 4.79 Å². The number of nitrogens with zero attached hydrogens (tertiary/aromatic N) is 3. The van der Waals surface area contributed by atoms with Gasteiger partial charge in [-0.1, -0.05) is 18.9 Å². The monoisotopic (exact) mass is 391 g/mol.